The van der Waals surface area contributed by atoms with E-state index in [4.69, 9.17) is 0 Å². The van der Waals surface area contributed by atoms with Gasteiger partial charge in [-0.05, 0) is 34.4 Å². The molecule has 0 aliphatic carbocycles. The first kappa shape index (κ1) is 11.6. The third-order valence-corrected chi connectivity index (χ3v) is 4.29. The molecule has 2 aromatic carbocycles. The van der Waals surface area contributed by atoms with Crippen LogP contribution >= 0.6 is 11.8 Å². The van der Waals surface area contributed by atoms with E-state index in [1.54, 1.807) is 0 Å². The Kier molecular flexibility index (Phi) is 3.51. The molecule has 3 rings (SSSR count). The summed E-state index contributed by atoms with van der Waals surface area (Å²) >= 11 is 2.03. The Bertz CT molecular complexity index is 555. The molecule has 1 aliphatic heterocycles. The van der Waals surface area contributed by atoms with Crippen molar-refractivity contribution >= 4 is 23.4 Å². The molecular weight excluding hydrogens is 236 g/mol. The van der Waals surface area contributed by atoms with Crippen molar-refractivity contribution in [3.05, 3.63) is 71.3 Å². The van der Waals surface area contributed by atoms with Gasteiger partial charge in [-0.2, -0.15) is 11.8 Å². The third-order valence-electron chi connectivity index (χ3n) is 3.28. The smallest absolute Gasteiger partial charge is 0.0190 e. The molecule has 0 unspecified atom stereocenters. The van der Waals surface area contributed by atoms with Gasteiger partial charge in [-0.15, -0.1) is 0 Å². The summed E-state index contributed by atoms with van der Waals surface area (Å²) in [7, 11) is 0. The topological polar surface area (TPSA) is 0 Å². The van der Waals surface area contributed by atoms with E-state index in [-0.39, 0.29) is 0 Å². The van der Waals surface area contributed by atoms with E-state index in [1.807, 2.05) is 11.8 Å². The quantitative estimate of drug-likeness (QED) is 0.719. The second kappa shape index (κ2) is 5.45. The molecule has 0 saturated heterocycles. The fraction of sp³-hybridized carbons (Fsp3) is 0.176. The van der Waals surface area contributed by atoms with Gasteiger partial charge in [-0.1, -0.05) is 60.7 Å². The van der Waals surface area contributed by atoms with E-state index < -0.39 is 0 Å². The Labute approximate surface area is 113 Å². The van der Waals surface area contributed by atoms with Gasteiger partial charge in [-0.25, -0.2) is 0 Å². The Morgan fingerprint density at radius 1 is 0.889 bits per heavy atom. The molecule has 0 nitrogen and oxygen atoms in total. The van der Waals surface area contributed by atoms with Crippen molar-refractivity contribution in [3.63, 3.8) is 0 Å². The summed E-state index contributed by atoms with van der Waals surface area (Å²) in [6.07, 6.45) is 3.52. The summed E-state index contributed by atoms with van der Waals surface area (Å²) in [5.41, 5.74) is 5.68. The van der Waals surface area contributed by atoms with E-state index in [9.17, 15) is 0 Å². The molecule has 0 spiro atoms. The van der Waals surface area contributed by atoms with Crippen LogP contribution in [0.4, 0.5) is 0 Å². The third kappa shape index (κ3) is 2.51. The highest BCUT2D eigenvalue weighted by Gasteiger charge is 2.11. The predicted octanol–water partition coefficient (Wildman–Crippen LogP) is 4.52. The molecule has 2 aromatic rings. The lowest BCUT2D eigenvalue weighted by molar-refractivity contribution is 1.16. The van der Waals surface area contributed by atoms with Crippen molar-refractivity contribution in [1.29, 1.82) is 0 Å². The SMILES string of the molecule is C(=C1/CSCCc2ccccc21)/c1ccccc1. The van der Waals surface area contributed by atoms with Gasteiger partial charge in [0.05, 0.1) is 0 Å². The summed E-state index contributed by atoms with van der Waals surface area (Å²) < 4.78 is 0. The lowest BCUT2D eigenvalue weighted by Crippen LogP contribution is -1.91. The molecule has 1 heterocycles. The van der Waals surface area contributed by atoms with Gasteiger partial charge in [0.15, 0.2) is 0 Å². The highest BCUT2D eigenvalue weighted by molar-refractivity contribution is 7.99. The Hall–Kier alpha value is -1.47. The molecule has 0 N–H and O–H groups in total. The van der Waals surface area contributed by atoms with Crippen LogP contribution in [0.25, 0.3) is 11.6 Å². The standard InChI is InChI=1S/C17H16S/c1-2-6-14(7-3-1)12-16-13-18-11-10-15-8-4-5-9-17(15)16/h1-9,12H,10-11,13H2/b16-12+. The lowest BCUT2D eigenvalue weighted by atomic mass is 9.97. The lowest BCUT2D eigenvalue weighted by Gasteiger charge is -2.08. The maximum atomic E-state index is 2.33. The molecule has 0 bridgehead atoms. The Balaban J connectivity index is 2.04. The highest BCUT2D eigenvalue weighted by atomic mass is 32.2. The Morgan fingerprint density at radius 3 is 2.56 bits per heavy atom. The van der Waals surface area contributed by atoms with Gasteiger partial charge in [0, 0.05) is 5.75 Å². The summed E-state index contributed by atoms with van der Waals surface area (Å²) in [6, 6.07) is 19.4. The van der Waals surface area contributed by atoms with Crippen LogP contribution in [0.2, 0.25) is 0 Å². The minimum Gasteiger partial charge on any atom is -0.157 e. The van der Waals surface area contributed by atoms with Crippen LogP contribution in [0.5, 0.6) is 0 Å². The number of thioether (sulfide) groups is 1. The second-order valence-corrected chi connectivity index (χ2v) is 5.65. The number of hydrogen-bond acceptors (Lipinski definition) is 1. The van der Waals surface area contributed by atoms with Gasteiger partial charge in [0.2, 0.25) is 0 Å². The molecular formula is C17H16S. The molecule has 0 amide bonds. The monoisotopic (exact) mass is 252 g/mol. The first-order valence-corrected chi connectivity index (χ1v) is 7.50. The van der Waals surface area contributed by atoms with Crippen molar-refractivity contribution in [2.45, 2.75) is 6.42 Å². The average Bonchev–Trinajstić information content (AvgIpc) is 2.63. The predicted molar refractivity (Wildman–Crippen MR) is 81.8 cm³/mol. The van der Waals surface area contributed by atoms with Crippen LogP contribution < -0.4 is 0 Å². The van der Waals surface area contributed by atoms with Crippen LogP contribution in [0.3, 0.4) is 0 Å². The van der Waals surface area contributed by atoms with Crippen LogP contribution in [0, 0.1) is 0 Å². The Morgan fingerprint density at radius 2 is 1.67 bits per heavy atom. The largest absolute Gasteiger partial charge is 0.157 e. The summed E-state index contributed by atoms with van der Waals surface area (Å²) in [5, 5.41) is 0. The maximum Gasteiger partial charge on any atom is 0.0190 e. The van der Waals surface area contributed by atoms with Crippen molar-refractivity contribution in [2.24, 2.45) is 0 Å². The normalized spacial score (nSPS) is 17.2. The minimum atomic E-state index is 1.12. The molecule has 1 aliphatic rings. The summed E-state index contributed by atoms with van der Waals surface area (Å²) in [5.74, 6) is 2.34. The van der Waals surface area contributed by atoms with Gasteiger partial charge in [-0.3, -0.25) is 0 Å². The van der Waals surface area contributed by atoms with E-state index >= 15 is 0 Å². The molecule has 18 heavy (non-hydrogen) atoms. The average molecular weight is 252 g/mol. The first-order valence-electron chi connectivity index (χ1n) is 6.35. The fourth-order valence-corrected chi connectivity index (χ4v) is 3.33. The molecule has 0 aromatic heterocycles. The van der Waals surface area contributed by atoms with E-state index in [1.165, 1.54) is 34.4 Å². The maximum absolute atomic E-state index is 2.33. The summed E-state index contributed by atoms with van der Waals surface area (Å²) in [4.78, 5) is 0. The fourth-order valence-electron chi connectivity index (χ4n) is 2.36. The number of aryl methyl sites for hydroxylation is 1. The van der Waals surface area contributed by atoms with E-state index in [2.05, 4.69) is 60.7 Å². The summed E-state index contributed by atoms with van der Waals surface area (Å²) in [6.45, 7) is 0. The van der Waals surface area contributed by atoms with Gasteiger partial charge < -0.3 is 0 Å². The minimum absolute atomic E-state index is 1.12. The van der Waals surface area contributed by atoms with Crippen LogP contribution in [0.15, 0.2) is 54.6 Å². The van der Waals surface area contributed by atoms with E-state index in [0.29, 0.717) is 0 Å². The van der Waals surface area contributed by atoms with Crippen LogP contribution in [-0.2, 0) is 6.42 Å². The highest BCUT2D eigenvalue weighted by Crippen LogP contribution is 2.29. The van der Waals surface area contributed by atoms with Gasteiger partial charge in [0.25, 0.3) is 0 Å². The number of rotatable bonds is 1. The first-order chi connectivity index (χ1) is 8.93. The van der Waals surface area contributed by atoms with Gasteiger partial charge in [0.1, 0.15) is 0 Å². The number of fused-ring (bicyclic) bond motifs is 1. The van der Waals surface area contributed by atoms with E-state index in [0.717, 1.165) is 5.75 Å². The van der Waals surface area contributed by atoms with Crippen molar-refractivity contribution in [3.8, 4) is 0 Å². The van der Waals surface area contributed by atoms with Crippen LogP contribution in [0.1, 0.15) is 16.7 Å². The van der Waals surface area contributed by atoms with Crippen molar-refractivity contribution in [1.82, 2.24) is 0 Å². The molecule has 0 atom stereocenters. The molecule has 0 saturated carbocycles. The van der Waals surface area contributed by atoms with Crippen molar-refractivity contribution < 1.29 is 0 Å². The zero-order valence-corrected chi connectivity index (χ0v) is 11.1. The molecule has 1 heteroatoms. The van der Waals surface area contributed by atoms with Crippen molar-refractivity contribution in [2.75, 3.05) is 11.5 Å². The number of hydrogen-bond donors (Lipinski definition) is 0. The van der Waals surface area contributed by atoms with Gasteiger partial charge >= 0.3 is 0 Å². The zero-order chi connectivity index (χ0) is 12.2. The molecule has 0 fully saturated rings. The number of benzene rings is 2. The molecule has 90 valence electrons. The molecule has 0 radical (unpaired) electrons. The second-order valence-electron chi connectivity index (χ2n) is 4.54. The van der Waals surface area contributed by atoms with Crippen LogP contribution in [-0.4, -0.2) is 11.5 Å². The zero-order valence-electron chi connectivity index (χ0n) is 10.3.